The topological polar surface area (TPSA) is 110 Å². The number of carbonyl (C=O) groups is 2. The Kier molecular flexibility index (Phi) is 5.28. The predicted octanol–water partition coefficient (Wildman–Crippen LogP) is 0.973. The van der Waals surface area contributed by atoms with Gasteiger partial charge in [-0.3, -0.25) is 10.1 Å². The zero-order chi connectivity index (χ0) is 15.2. The fourth-order valence-electron chi connectivity index (χ4n) is 1.36. The number of aryl methyl sites for hydroxylation is 1. The Morgan fingerprint density at radius 3 is 2.90 bits per heavy atom. The van der Waals surface area contributed by atoms with Crippen molar-refractivity contribution in [1.29, 1.82) is 0 Å². The van der Waals surface area contributed by atoms with Crippen molar-refractivity contribution in [1.82, 2.24) is 25.8 Å². The van der Waals surface area contributed by atoms with E-state index in [4.69, 9.17) is 4.42 Å². The van der Waals surface area contributed by atoms with E-state index in [1.165, 1.54) is 7.05 Å². The highest BCUT2D eigenvalue weighted by atomic mass is 32.2. The lowest BCUT2D eigenvalue weighted by atomic mass is 10.3. The number of imide groups is 1. The van der Waals surface area contributed by atoms with E-state index < -0.39 is 11.9 Å². The summed E-state index contributed by atoms with van der Waals surface area (Å²) >= 11 is 2.62. The molecule has 0 aliphatic rings. The third-order valence-corrected chi connectivity index (χ3v) is 3.89. The molecule has 2 aromatic rings. The molecule has 0 atom stereocenters. The molecule has 0 unspecified atom stereocenters. The van der Waals surface area contributed by atoms with E-state index in [1.807, 2.05) is 12.3 Å². The van der Waals surface area contributed by atoms with Crippen LogP contribution in [0, 0.1) is 6.92 Å². The number of rotatable bonds is 5. The first-order valence-corrected chi connectivity index (χ1v) is 7.81. The minimum absolute atomic E-state index is 0.0187. The lowest BCUT2D eigenvalue weighted by Crippen LogP contribution is -2.38. The van der Waals surface area contributed by atoms with Crippen LogP contribution in [0.3, 0.4) is 0 Å². The third-order valence-electron chi connectivity index (χ3n) is 2.25. The number of nitrogens with zero attached hydrogens (tertiary/aromatic N) is 3. The van der Waals surface area contributed by atoms with Crippen molar-refractivity contribution in [2.45, 2.75) is 18.6 Å². The summed E-state index contributed by atoms with van der Waals surface area (Å²) in [5, 5.41) is 15.3. The molecule has 21 heavy (non-hydrogen) atoms. The van der Waals surface area contributed by atoms with Crippen LogP contribution in [0.5, 0.6) is 0 Å². The molecule has 0 fully saturated rings. The van der Waals surface area contributed by atoms with Crippen molar-refractivity contribution in [3.63, 3.8) is 0 Å². The van der Waals surface area contributed by atoms with Crippen molar-refractivity contribution in [3.8, 4) is 0 Å². The summed E-state index contributed by atoms with van der Waals surface area (Å²) in [5.74, 6) is 0.0222. The first kappa shape index (κ1) is 15.4. The second-order valence-electron chi connectivity index (χ2n) is 3.91. The summed E-state index contributed by atoms with van der Waals surface area (Å²) in [5.41, 5.74) is 0.870. The van der Waals surface area contributed by atoms with Crippen LogP contribution in [-0.2, 0) is 11.2 Å². The van der Waals surface area contributed by atoms with Crippen molar-refractivity contribution in [3.05, 3.63) is 22.0 Å². The van der Waals surface area contributed by atoms with Gasteiger partial charge in [-0.25, -0.2) is 9.78 Å². The molecule has 112 valence electrons. The monoisotopic (exact) mass is 327 g/mol. The molecule has 10 heteroatoms. The van der Waals surface area contributed by atoms with E-state index >= 15 is 0 Å². The van der Waals surface area contributed by atoms with Gasteiger partial charge in [0.2, 0.25) is 11.8 Å². The number of urea groups is 1. The predicted molar refractivity (Wildman–Crippen MR) is 77.3 cm³/mol. The molecule has 2 rings (SSSR count). The zero-order valence-corrected chi connectivity index (χ0v) is 13.0. The molecule has 0 radical (unpaired) electrons. The van der Waals surface area contributed by atoms with Crippen LogP contribution in [0.2, 0.25) is 0 Å². The van der Waals surface area contributed by atoms with Gasteiger partial charge in [0.15, 0.2) is 0 Å². The number of carbonyl (C=O) groups excluding carboxylic acids is 2. The fourth-order valence-corrected chi connectivity index (χ4v) is 2.56. The minimum atomic E-state index is -0.550. The third kappa shape index (κ3) is 4.83. The Morgan fingerprint density at radius 1 is 1.43 bits per heavy atom. The quantitative estimate of drug-likeness (QED) is 0.787. The summed E-state index contributed by atoms with van der Waals surface area (Å²) in [6, 6.07) is -0.550. The van der Waals surface area contributed by atoms with Gasteiger partial charge in [0, 0.05) is 12.4 Å². The Balaban J connectivity index is 1.83. The molecule has 0 saturated carbocycles. The van der Waals surface area contributed by atoms with E-state index in [0.717, 1.165) is 22.5 Å². The fraction of sp³-hybridized carbons (Fsp3) is 0.364. The summed E-state index contributed by atoms with van der Waals surface area (Å²) < 4.78 is 5.40. The Labute approximate surface area is 128 Å². The molecule has 8 nitrogen and oxygen atoms in total. The summed E-state index contributed by atoms with van der Waals surface area (Å²) in [7, 11) is 1.43. The van der Waals surface area contributed by atoms with Gasteiger partial charge < -0.3 is 9.73 Å². The van der Waals surface area contributed by atoms with Crippen molar-refractivity contribution in [2.75, 3.05) is 12.8 Å². The van der Waals surface area contributed by atoms with Gasteiger partial charge in [0.1, 0.15) is 0 Å². The molecule has 0 spiro atoms. The molecule has 0 aliphatic heterocycles. The molecular weight excluding hydrogens is 314 g/mol. The van der Waals surface area contributed by atoms with Gasteiger partial charge in [-0.2, -0.15) is 0 Å². The Hall–Kier alpha value is -1.94. The maximum Gasteiger partial charge on any atom is 0.321 e. The van der Waals surface area contributed by atoms with Gasteiger partial charge >= 0.3 is 6.03 Å². The van der Waals surface area contributed by atoms with Crippen LogP contribution in [-0.4, -0.2) is 39.9 Å². The van der Waals surface area contributed by atoms with Crippen LogP contribution in [0.1, 0.15) is 16.6 Å². The first-order chi connectivity index (χ1) is 10.1. The Morgan fingerprint density at radius 2 is 2.24 bits per heavy atom. The largest absolute Gasteiger partial charge is 0.416 e. The van der Waals surface area contributed by atoms with Crippen molar-refractivity contribution < 1.29 is 14.0 Å². The van der Waals surface area contributed by atoms with Gasteiger partial charge in [-0.15, -0.1) is 21.5 Å². The maximum atomic E-state index is 11.4. The van der Waals surface area contributed by atoms with E-state index in [-0.39, 0.29) is 11.0 Å². The normalized spacial score (nSPS) is 10.4. The van der Waals surface area contributed by atoms with Gasteiger partial charge in [-0.05, 0) is 6.92 Å². The van der Waals surface area contributed by atoms with Crippen LogP contribution >= 0.6 is 23.1 Å². The Bertz CT molecular complexity index is 639. The van der Waals surface area contributed by atoms with E-state index in [1.54, 1.807) is 11.3 Å². The molecular formula is C11H13N5O3S2. The van der Waals surface area contributed by atoms with Crippen molar-refractivity contribution in [2.24, 2.45) is 0 Å². The maximum absolute atomic E-state index is 11.4. The number of hydrogen-bond donors (Lipinski definition) is 2. The van der Waals surface area contributed by atoms with Crippen LogP contribution in [0.4, 0.5) is 4.79 Å². The highest BCUT2D eigenvalue weighted by Crippen LogP contribution is 2.18. The summed E-state index contributed by atoms with van der Waals surface area (Å²) in [4.78, 5) is 26.6. The molecule has 0 bridgehead atoms. The minimum Gasteiger partial charge on any atom is -0.416 e. The molecule has 0 aromatic carbocycles. The summed E-state index contributed by atoms with van der Waals surface area (Å²) in [6.07, 6.45) is 0.461. The highest BCUT2D eigenvalue weighted by molar-refractivity contribution is 7.99. The van der Waals surface area contributed by atoms with E-state index in [9.17, 15) is 9.59 Å². The van der Waals surface area contributed by atoms with Crippen LogP contribution < -0.4 is 10.6 Å². The number of aromatic nitrogens is 3. The summed E-state index contributed by atoms with van der Waals surface area (Å²) in [6.45, 7) is 1.92. The van der Waals surface area contributed by atoms with Crippen molar-refractivity contribution >= 4 is 35.0 Å². The molecule has 3 amide bonds. The SMILES string of the molecule is CNC(=O)NC(=O)CSc1nnc(Cc2csc(C)n2)o1. The highest BCUT2D eigenvalue weighted by Gasteiger charge is 2.12. The lowest BCUT2D eigenvalue weighted by molar-refractivity contribution is -0.117. The number of thioether (sulfide) groups is 1. The average Bonchev–Trinajstić information content (AvgIpc) is 3.06. The standard InChI is InChI=1S/C11H13N5O3S2/c1-6-13-7(4-20-6)3-9-15-16-11(19-9)21-5-8(17)14-10(18)12-2/h4H,3,5H2,1-2H3,(H2,12,14,17,18). The molecule has 2 aromatic heterocycles. The second-order valence-corrected chi connectivity index (χ2v) is 5.90. The second kappa shape index (κ2) is 7.18. The average molecular weight is 327 g/mol. The number of nitrogens with one attached hydrogen (secondary N) is 2. The van der Waals surface area contributed by atoms with Gasteiger partial charge in [0.05, 0.1) is 22.9 Å². The molecule has 2 heterocycles. The zero-order valence-electron chi connectivity index (χ0n) is 11.4. The van der Waals surface area contributed by atoms with Crippen LogP contribution in [0.25, 0.3) is 0 Å². The van der Waals surface area contributed by atoms with Gasteiger partial charge in [0.25, 0.3) is 5.22 Å². The first-order valence-electron chi connectivity index (χ1n) is 5.94. The molecule has 0 aliphatic carbocycles. The number of hydrogen-bond acceptors (Lipinski definition) is 8. The molecule has 2 N–H and O–H groups in total. The lowest BCUT2D eigenvalue weighted by Gasteiger charge is -2.00. The number of thiazole rings is 1. The van der Waals surface area contributed by atoms with Crippen LogP contribution in [0.15, 0.2) is 15.0 Å². The van der Waals surface area contributed by atoms with E-state index in [0.29, 0.717) is 12.3 Å². The molecule has 0 saturated heterocycles. The smallest absolute Gasteiger partial charge is 0.321 e. The van der Waals surface area contributed by atoms with E-state index in [2.05, 4.69) is 25.8 Å². The number of amides is 3. The van der Waals surface area contributed by atoms with Gasteiger partial charge in [-0.1, -0.05) is 11.8 Å².